The molecule has 2 aromatic rings. The summed E-state index contributed by atoms with van der Waals surface area (Å²) in [5.41, 5.74) is 1.05. The first-order valence-electron chi connectivity index (χ1n) is 7.59. The molecule has 1 aliphatic rings. The van der Waals surface area contributed by atoms with E-state index < -0.39 is 0 Å². The highest BCUT2D eigenvalue weighted by atomic mass is 32.1. The Kier molecular flexibility index (Phi) is 4.66. The van der Waals surface area contributed by atoms with E-state index in [1.54, 1.807) is 0 Å². The Balaban J connectivity index is 1.58. The van der Waals surface area contributed by atoms with Crippen LogP contribution in [0.5, 0.6) is 0 Å². The number of carbonyl (C=O) groups excluding carboxylic acids is 1. The Hall–Kier alpha value is -2.61. The molecule has 0 radical (unpaired) electrons. The Bertz CT molecular complexity index is 779. The van der Waals surface area contributed by atoms with Crippen molar-refractivity contribution in [3.05, 3.63) is 35.3 Å². The number of benzene rings is 1. The van der Waals surface area contributed by atoms with Gasteiger partial charge in [0.15, 0.2) is 5.71 Å². The summed E-state index contributed by atoms with van der Waals surface area (Å²) in [5.74, 6) is 4.91. The van der Waals surface area contributed by atoms with Crippen LogP contribution in [0.2, 0.25) is 0 Å². The molecular formula is C16H18N6OS. The molecule has 1 aromatic carbocycles. The lowest BCUT2D eigenvalue weighted by atomic mass is 10.2. The third-order valence-electron chi connectivity index (χ3n) is 3.73. The van der Waals surface area contributed by atoms with E-state index in [4.69, 9.17) is 5.84 Å². The molecule has 0 bridgehead atoms. The maximum atomic E-state index is 12.1. The molecule has 1 saturated carbocycles. The van der Waals surface area contributed by atoms with Crippen LogP contribution in [-0.4, -0.2) is 33.6 Å². The molecule has 0 atom stereocenters. The molecule has 1 aliphatic carbocycles. The number of amides is 1. The molecule has 0 spiro atoms. The van der Waals surface area contributed by atoms with Crippen LogP contribution >= 0.6 is 11.3 Å². The van der Waals surface area contributed by atoms with Crippen LogP contribution < -0.4 is 11.2 Å². The standard InChI is InChI=1S/C16H18N6OS/c1-16(7-8-16)19-9-12(20-17)14(23)18-10-13-21-22-15(24-13)11-5-3-2-4-6-11/h2-6,9H,7-8,10,17H2,1H3,(H,18,23)/b19-9?,20-12+. The Morgan fingerprint density at radius 3 is 2.79 bits per heavy atom. The number of nitrogens with two attached hydrogens (primary N) is 1. The maximum Gasteiger partial charge on any atom is 0.273 e. The molecule has 1 amide bonds. The molecule has 1 fully saturated rings. The highest BCUT2D eigenvalue weighted by Gasteiger charge is 2.36. The van der Waals surface area contributed by atoms with Gasteiger partial charge in [-0.25, -0.2) is 0 Å². The molecule has 7 nitrogen and oxygen atoms in total. The number of aliphatic imine (C=N–C) groups is 1. The number of nitrogens with one attached hydrogen (secondary N) is 1. The van der Waals surface area contributed by atoms with Crippen molar-refractivity contribution in [1.29, 1.82) is 0 Å². The predicted octanol–water partition coefficient (Wildman–Crippen LogP) is 1.76. The van der Waals surface area contributed by atoms with Crippen molar-refractivity contribution < 1.29 is 4.79 Å². The lowest BCUT2D eigenvalue weighted by molar-refractivity contribution is -0.114. The SMILES string of the molecule is CC1(N=C/C(=N\N)C(=O)NCc2nnc(-c3ccccc3)s2)CC1. The van der Waals surface area contributed by atoms with Crippen LogP contribution in [-0.2, 0) is 11.3 Å². The van der Waals surface area contributed by atoms with Crippen molar-refractivity contribution in [2.75, 3.05) is 0 Å². The summed E-state index contributed by atoms with van der Waals surface area (Å²) in [4.78, 5) is 16.4. The average Bonchev–Trinajstić information content (AvgIpc) is 3.15. The minimum Gasteiger partial charge on any atom is -0.344 e. The molecule has 0 unspecified atom stereocenters. The third-order valence-corrected chi connectivity index (χ3v) is 4.70. The number of rotatable bonds is 6. The maximum absolute atomic E-state index is 12.1. The fourth-order valence-corrected chi connectivity index (χ4v) is 2.73. The van der Waals surface area contributed by atoms with Crippen molar-refractivity contribution in [2.24, 2.45) is 15.9 Å². The van der Waals surface area contributed by atoms with Crippen LogP contribution in [0.25, 0.3) is 10.6 Å². The fourth-order valence-electron chi connectivity index (χ4n) is 1.95. The Morgan fingerprint density at radius 1 is 1.38 bits per heavy atom. The van der Waals surface area contributed by atoms with Gasteiger partial charge in [0.1, 0.15) is 10.0 Å². The van der Waals surface area contributed by atoms with Gasteiger partial charge in [-0.15, -0.1) is 10.2 Å². The third kappa shape index (κ3) is 4.02. The van der Waals surface area contributed by atoms with Gasteiger partial charge < -0.3 is 11.2 Å². The van der Waals surface area contributed by atoms with E-state index >= 15 is 0 Å². The Morgan fingerprint density at radius 2 is 2.12 bits per heavy atom. The van der Waals surface area contributed by atoms with E-state index in [2.05, 4.69) is 25.6 Å². The molecule has 8 heteroatoms. The summed E-state index contributed by atoms with van der Waals surface area (Å²) >= 11 is 1.43. The predicted molar refractivity (Wildman–Crippen MR) is 94.9 cm³/mol. The quantitative estimate of drug-likeness (QED) is 0.474. The number of nitrogens with zero attached hydrogens (tertiary/aromatic N) is 4. The summed E-state index contributed by atoms with van der Waals surface area (Å²) in [5, 5.41) is 16.0. The van der Waals surface area contributed by atoms with Crippen molar-refractivity contribution in [2.45, 2.75) is 31.8 Å². The monoisotopic (exact) mass is 342 g/mol. The van der Waals surface area contributed by atoms with Crippen LogP contribution in [0.4, 0.5) is 0 Å². The topological polar surface area (TPSA) is 106 Å². The van der Waals surface area contributed by atoms with Crippen molar-refractivity contribution in [3.63, 3.8) is 0 Å². The molecule has 24 heavy (non-hydrogen) atoms. The van der Waals surface area contributed by atoms with Gasteiger partial charge in [0, 0.05) is 5.56 Å². The van der Waals surface area contributed by atoms with E-state index in [1.165, 1.54) is 17.6 Å². The second kappa shape index (κ2) is 6.88. The normalized spacial score (nSPS) is 16.3. The number of aromatic nitrogens is 2. The second-order valence-corrected chi connectivity index (χ2v) is 6.88. The van der Waals surface area contributed by atoms with Crippen molar-refractivity contribution in [1.82, 2.24) is 15.5 Å². The highest BCUT2D eigenvalue weighted by Crippen LogP contribution is 2.38. The smallest absolute Gasteiger partial charge is 0.273 e. The lowest BCUT2D eigenvalue weighted by Gasteiger charge is -2.03. The fraction of sp³-hybridized carbons (Fsp3) is 0.312. The van der Waals surface area contributed by atoms with E-state index in [0.717, 1.165) is 23.4 Å². The molecule has 0 saturated heterocycles. The summed E-state index contributed by atoms with van der Waals surface area (Å²) in [6.45, 7) is 2.30. The minimum atomic E-state index is -0.373. The van der Waals surface area contributed by atoms with Gasteiger partial charge in [-0.3, -0.25) is 9.79 Å². The van der Waals surface area contributed by atoms with Crippen LogP contribution in [0.1, 0.15) is 24.8 Å². The number of hydrazone groups is 1. The van der Waals surface area contributed by atoms with Crippen LogP contribution in [0.3, 0.4) is 0 Å². The van der Waals surface area contributed by atoms with Gasteiger partial charge in [-0.05, 0) is 19.8 Å². The molecule has 3 rings (SSSR count). The van der Waals surface area contributed by atoms with Crippen molar-refractivity contribution >= 4 is 29.2 Å². The van der Waals surface area contributed by atoms with E-state index in [0.29, 0.717) is 5.01 Å². The first kappa shape index (κ1) is 16.3. The van der Waals surface area contributed by atoms with Gasteiger partial charge >= 0.3 is 0 Å². The largest absolute Gasteiger partial charge is 0.344 e. The van der Waals surface area contributed by atoms with E-state index in [1.807, 2.05) is 37.3 Å². The van der Waals surface area contributed by atoms with Crippen LogP contribution in [0, 0.1) is 0 Å². The highest BCUT2D eigenvalue weighted by molar-refractivity contribution is 7.14. The van der Waals surface area contributed by atoms with Crippen LogP contribution in [0.15, 0.2) is 40.4 Å². The summed E-state index contributed by atoms with van der Waals surface area (Å²) in [6.07, 6.45) is 3.49. The molecular weight excluding hydrogens is 324 g/mol. The van der Waals surface area contributed by atoms with Gasteiger partial charge in [-0.1, -0.05) is 41.7 Å². The Labute approximate surface area is 143 Å². The second-order valence-electron chi connectivity index (χ2n) is 5.82. The average molecular weight is 342 g/mol. The zero-order chi connectivity index (χ0) is 17.0. The first-order valence-corrected chi connectivity index (χ1v) is 8.40. The summed E-state index contributed by atoms with van der Waals surface area (Å²) < 4.78 is 0. The van der Waals surface area contributed by atoms with E-state index in [9.17, 15) is 4.79 Å². The molecule has 124 valence electrons. The first-order chi connectivity index (χ1) is 11.6. The molecule has 1 aromatic heterocycles. The number of hydrogen-bond donors (Lipinski definition) is 2. The van der Waals surface area contributed by atoms with Gasteiger partial charge in [-0.2, -0.15) is 5.10 Å². The molecule has 0 aliphatic heterocycles. The van der Waals surface area contributed by atoms with Gasteiger partial charge in [0.25, 0.3) is 5.91 Å². The lowest BCUT2D eigenvalue weighted by Crippen LogP contribution is -2.32. The minimum absolute atomic E-state index is 0.0555. The van der Waals surface area contributed by atoms with Gasteiger partial charge in [0.05, 0.1) is 18.3 Å². The summed E-state index contributed by atoms with van der Waals surface area (Å²) in [6, 6.07) is 9.78. The zero-order valence-corrected chi connectivity index (χ0v) is 14.1. The van der Waals surface area contributed by atoms with Crippen molar-refractivity contribution in [3.8, 4) is 10.6 Å². The van der Waals surface area contributed by atoms with E-state index in [-0.39, 0.29) is 23.7 Å². The number of hydrogen-bond acceptors (Lipinski definition) is 7. The summed E-state index contributed by atoms with van der Waals surface area (Å²) in [7, 11) is 0. The molecule has 3 N–H and O–H groups in total. The zero-order valence-electron chi connectivity index (χ0n) is 13.3. The molecule has 1 heterocycles. The number of carbonyl (C=O) groups is 1. The van der Waals surface area contributed by atoms with Gasteiger partial charge in [0.2, 0.25) is 0 Å².